The number of hydrogen-bond acceptors (Lipinski definition) is 1. The third kappa shape index (κ3) is 2.51. The molecular formula is C15H16ClN. The highest BCUT2D eigenvalue weighted by Crippen LogP contribution is 2.25. The molecule has 17 heavy (non-hydrogen) atoms. The van der Waals surface area contributed by atoms with Gasteiger partial charge in [-0.25, -0.2) is 0 Å². The topological polar surface area (TPSA) is 12.0 Å². The average molecular weight is 246 g/mol. The van der Waals surface area contributed by atoms with E-state index < -0.39 is 0 Å². The molecule has 0 saturated heterocycles. The second kappa shape index (κ2) is 5.35. The van der Waals surface area contributed by atoms with Gasteiger partial charge in [-0.1, -0.05) is 54.6 Å². The lowest BCUT2D eigenvalue weighted by Crippen LogP contribution is -2.28. The second-order valence-electron chi connectivity index (χ2n) is 4.32. The maximum absolute atomic E-state index is 3.59. The van der Waals surface area contributed by atoms with E-state index in [1.54, 1.807) is 0 Å². The standard InChI is InChI=1S/C15H15N.ClH/c1-2-6-12(7-3-1)15-10-13-8-4-5-9-14(13)11-16-15;/h1-9,15-16H,10-11H2;1H/t15-;/m0./s1. The van der Waals surface area contributed by atoms with Crippen LogP contribution in [0.3, 0.4) is 0 Å². The lowest BCUT2D eigenvalue weighted by molar-refractivity contribution is 0.499. The largest absolute Gasteiger partial charge is 0.306 e. The molecule has 0 saturated carbocycles. The fourth-order valence-corrected chi connectivity index (χ4v) is 2.38. The zero-order valence-electron chi connectivity index (χ0n) is 9.60. The van der Waals surface area contributed by atoms with Crippen molar-refractivity contribution in [1.82, 2.24) is 5.32 Å². The van der Waals surface area contributed by atoms with Crippen molar-refractivity contribution in [3.8, 4) is 0 Å². The van der Waals surface area contributed by atoms with E-state index in [1.165, 1.54) is 16.7 Å². The fourth-order valence-electron chi connectivity index (χ4n) is 2.38. The molecule has 88 valence electrons. The van der Waals surface area contributed by atoms with Gasteiger partial charge in [0.05, 0.1) is 0 Å². The Balaban J connectivity index is 0.00000108. The molecule has 0 spiro atoms. The van der Waals surface area contributed by atoms with Crippen LogP contribution >= 0.6 is 12.4 Å². The summed E-state index contributed by atoms with van der Waals surface area (Å²) in [6, 6.07) is 19.9. The predicted molar refractivity (Wildman–Crippen MR) is 73.4 cm³/mol. The first-order valence-electron chi connectivity index (χ1n) is 5.78. The van der Waals surface area contributed by atoms with E-state index in [2.05, 4.69) is 59.9 Å². The molecule has 1 heterocycles. The first-order chi connectivity index (χ1) is 7.93. The minimum atomic E-state index is 0. The van der Waals surface area contributed by atoms with Gasteiger partial charge >= 0.3 is 0 Å². The van der Waals surface area contributed by atoms with Crippen molar-refractivity contribution in [2.24, 2.45) is 0 Å². The summed E-state index contributed by atoms with van der Waals surface area (Å²) in [5, 5.41) is 3.59. The molecule has 0 bridgehead atoms. The van der Waals surface area contributed by atoms with Gasteiger partial charge in [-0.15, -0.1) is 12.4 Å². The maximum Gasteiger partial charge on any atom is 0.0363 e. The Morgan fingerprint density at radius 3 is 2.24 bits per heavy atom. The van der Waals surface area contributed by atoms with Crippen LogP contribution in [0.5, 0.6) is 0 Å². The molecule has 0 fully saturated rings. The molecule has 3 rings (SSSR count). The summed E-state index contributed by atoms with van der Waals surface area (Å²) >= 11 is 0. The van der Waals surface area contributed by atoms with E-state index in [0.717, 1.165) is 13.0 Å². The van der Waals surface area contributed by atoms with Gasteiger partial charge < -0.3 is 5.32 Å². The predicted octanol–water partition coefficient (Wildman–Crippen LogP) is 3.50. The van der Waals surface area contributed by atoms with Crippen LogP contribution in [-0.2, 0) is 13.0 Å². The summed E-state index contributed by atoms with van der Waals surface area (Å²) in [6.45, 7) is 0.982. The molecule has 1 aliphatic rings. The van der Waals surface area contributed by atoms with Gasteiger partial charge in [-0.2, -0.15) is 0 Å². The molecule has 1 nitrogen and oxygen atoms in total. The average Bonchev–Trinajstić information content (AvgIpc) is 2.39. The maximum atomic E-state index is 3.59. The first-order valence-corrected chi connectivity index (χ1v) is 5.78. The van der Waals surface area contributed by atoms with Crippen LogP contribution in [0, 0.1) is 0 Å². The third-order valence-electron chi connectivity index (χ3n) is 3.28. The monoisotopic (exact) mass is 245 g/mol. The summed E-state index contributed by atoms with van der Waals surface area (Å²) in [6.07, 6.45) is 1.10. The highest BCUT2D eigenvalue weighted by molar-refractivity contribution is 5.85. The van der Waals surface area contributed by atoms with Crippen LogP contribution < -0.4 is 5.32 Å². The van der Waals surface area contributed by atoms with Crippen molar-refractivity contribution in [2.75, 3.05) is 0 Å². The Morgan fingerprint density at radius 1 is 0.824 bits per heavy atom. The normalized spacial score (nSPS) is 18.0. The zero-order valence-corrected chi connectivity index (χ0v) is 10.4. The summed E-state index contributed by atoms with van der Waals surface area (Å²) < 4.78 is 0. The minimum Gasteiger partial charge on any atom is -0.306 e. The summed E-state index contributed by atoms with van der Waals surface area (Å²) in [4.78, 5) is 0. The van der Waals surface area contributed by atoms with E-state index in [9.17, 15) is 0 Å². The molecule has 0 radical (unpaired) electrons. The van der Waals surface area contributed by atoms with Gasteiger partial charge in [0.1, 0.15) is 0 Å². The SMILES string of the molecule is Cl.c1ccc([C@@H]2Cc3ccccc3CN2)cc1. The van der Waals surface area contributed by atoms with E-state index in [4.69, 9.17) is 0 Å². The van der Waals surface area contributed by atoms with Crippen molar-refractivity contribution >= 4 is 12.4 Å². The molecule has 2 aromatic rings. The molecule has 0 unspecified atom stereocenters. The van der Waals surface area contributed by atoms with E-state index >= 15 is 0 Å². The molecule has 0 aromatic heterocycles. The molecule has 0 aliphatic carbocycles. The van der Waals surface area contributed by atoms with Gasteiger partial charge in [0.15, 0.2) is 0 Å². The summed E-state index contributed by atoms with van der Waals surface area (Å²) in [7, 11) is 0. The number of nitrogens with one attached hydrogen (secondary N) is 1. The highest BCUT2D eigenvalue weighted by atomic mass is 35.5. The molecular weight excluding hydrogens is 230 g/mol. The smallest absolute Gasteiger partial charge is 0.0363 e. The first kappa shape index (κ1) is 12.2. The number of rotatable bonds is 1. The Bertz CT molecular complexity index is 481. The Kier molecular flexibility index (Phi) is 3.82. The quantitative estimate of drug-likeness (QED) is 0.811. The zero-order chi connectivity index (χ0) is 10.8. The lowest BCUT2D eigenvalue weighted by Gasteiger charge is -2.26. The molecule has 0 amide bonds. The van der Waals surface area contributed by atoms with Crippen molar-refractivity contribution in [2.45, 2.75) is 19.0 Å². The van der Waals surface area contributed by atoms with Gasteiger partial charge in [0.2, 0.25) is 0 Å². The van der Waals surface area contributed by atoms with Gasteiger partial charge in [0, 0.05) is 12.6 Å². The van der Waals surface area contributed by atoms with Crippen LogP contribution in [0.15, 0.2) is 54.6 Å². The molecule has 1 atom stereocenters. The van der Waals surface area contributed by atoms with Gasteiger partial charge in [0.25, 0.3) is 0 Å². The Hall–Kier alpha value is -1.31. The summed E-state index contributed by atoms with van der Waals surface area (Å²) in [5.41, 5.74) is 4.31. The van der Waals surface area contributed by atoms with Crippen LogP contribution in [0.25, 0.3) is 0 Å². The number of fused-ring (bicyclic) bond motifs is 1. The minimum absolute atomic E-state index is 0. The van der Waals surface area contributed by atoms with Crippen molar-refractivity contribution < 1.29 is 0 Å². The number of benzene rings is 2. The lowest BCUT2D eigenvalue weighted by atomic mass is 9.92. The van der Waals surface area contributed by atoms with E-state index in [0.29, 0.717) is 6.04 Å². The molecule has 2 heteroatoms. The van der Waals surface area contributed by atoms with Crippen molar-refractivity contribution in [3.63, 3.8) is 0 Å². The third-order valence-corrected chi connectivity index (χ3v) is 3.28. The van der Waals surface area contributed by atoms with Crippen LogP contribution in [-0.4, -0.2) is 0 Å². The molecule has 1 aliphatic heterocycles. The fraction of sp³-hybridized carbons (Fsp3) is 0.200. The molecule has 1 N–H and O–H groups in total. The molecule has 2 aromatic carbocycles. The Labute approximate surface area is 108 Å². The van der Waals surface area contributed by atoms with E-state index in [1.807, 2.05) is 0 Å². The summed E-state index contributed by atoms with van der Waals surface area (Å²) in [5.74, 6) is 0. The van der Waals surface area contributed by atoms with E-state index in [-0.39, 0.29) is 12.4 Å². The Morgan fingerprint density at radius 2 is 1.47 bits per heavy atom. The highest BCUT2D eigenvalue weighted by Gasteiger charge is 2.18. The van der Waals surface area contributed by atoms with Crippen LogP contribution in [0.1, 0.15) is 22.7 Å². The van der Waals surface area contributed by atoms with Crippen molar-refractivity contribution in [3.05, 3.63) is 71.3 Å². The van der Waals surface area contributed by atoms with Gasteiger partial charge in [-0.3, -0.25) is 0 Å². The van der Waals surface area contributed by atoms with Gasteiger partial charge in [-0.05, 0) is 23.1 Å². The van der Waals surface area contributed by atoms with Crippen molar-refractivity contribution in [1.29, 1.82) is 0 Å². The van der Waals surface area contributed by atoms with Crippen LogP contribution in [0.4, 0.5) is 0 Å². The second-order valence-corrected chi connectivity index (χ2v) is 4.32. The number of hydrogen-bond donors (Lipinski definition) is 1. The van der Waals surface area contributed by atoms with Crippen LogP contribution in [0.2, 0.25) is 0 Å². The number of halogens is 1.